The second kappa shape index (κ2) is 6.61. The van der Waals surface area contributed by atoms with Crippen LogP contribution in [0.2, 0.25) is 0 Å². The fraction of sp³-hybridized carbons (Fsp3) is 1.00. The van der Waals surface area contributed by atoms with Crippen LogP contribution < -0.4 is 5.32 Å². The Labute approximate surface area is 100 Å². The first-order valence-electron chi connectivity index (χ1n) is 7.21. The third-order valence-corrected chi connectivity index (χ3v) is 4.24. The Hall–Kier alpha value is -0.0800. The molecule has 0 radical (unpaired) electrons. The average molecular weight is 225 g/mol. The van der Waals surface area contributed by atoms with Gasteiger partial charge in [-0.15, -0.1) is 0 Å². The zero-order chi connectivity index (χ0) is 11.2. The van der Waals surface area contributed by atoms with E-state index in [2.05, 4.69) is 12.2 Å². The molecule has 0 aliphatic heterocycles. The maximum absolute atomic E-state index is 5.85. The lowest BCUT2D eigenvalue weighted by molar-refractivity contribution is 0.0564. The minimum absolute atomic E-state index is 0.588. The van der Waals surface area contributed by atoms with Gasteiger partial charge in [-0.1, -0.05) is 26.2 Å². The molecule has 0 aromatic heterocycles. The van der Waals surface area contributed by atoms with Crippen molar-refractivity contribution in [3.63, 3.8) is 0 Å². The van der Waals surface area contributed by atoms with Crippen molar-refractivity contribution < 1.29 is 4.74 Å². The van der Waals surface area contributed by atoms with Gasteiger partial charge in [-0.3, -0.25) is 0 Å². The van der Waals surface area contributed by atoms with Gasteiger partial charge in [0.2, 0.25) is 0 Å². The van der Waals surface area contributed by atoms with Crippen molar-refractivity contribution in [3.05, 3.63) is 0 Å². The van der Waals surface area contributed by atoms with Crippen molar-refractivity contribution in [2.75, 3.05) is 13.2 Å². The minimum atomic E-state index is 0.588. The van der Waals surface area contributed by atoms with Gasteiger partial charge >= 0.3 is 0 Å². The Morgan fingerprint density at radius 1 is 1.06 bits per heavy atom. The zero-order valence-electron chi connectivity index (χ0n) is 10.7. The van der Waals surface area contributed by atoms with Crippen LogP contribution in [-0.4, -0.2) is 25.3 Å². The van der Waals surface area contributed by atoms with Crippen molar-refractivity contribution >= 4 is 0 Å². The fourth-order valence-corrected chi connectivity index (χ4v) is 3.11. The molecule has 2 aliphatic rings. The Morgan fingerprint density at radius 2 is 1.88 bits per heavy atom. The van der Waals surface area contributed by atoms with Gasteiger partial charge in [0.1, 0.15) is 0 Å². The summed E-state index contributed by atoms with van der Waals surface area (Å²) >= 11 is 0. The van der Waals surface area contributed by atoms with Crippen LogP contribution >= 0.6 is 0 Å². The van der Waals surface area contributed by atoms with Crippen LogP contribution in [0.5, 0.6) is 0 Å². The van der Waals surface area contributed by atoms with Crippen molar-refractivity contribution in [1.82, 2.24) is 5.32 Å². The van der Waals surface area contributed by atoms with Gasteiger partial charge in [-0.25, -0.2) is 0 Å². The molecule has 1 N–H and O–H groups in total. The zero-order valence-corrected chi connectivity index (χ0v) is 10.7. The molecule has 2 saturated carbocycles. The molecule has 2 rings (SSSR count). The predicted octanol–water partition coefficient (Wildman–Crippen LogP) is 3.11. The van der Waals surface area contributed by atoms with Crippen molar-refractivity contribution in [3.8, 4) is 0 Å². The van der Waals surface area contributed by atoms with E-state index in [9.17, 15) is 0 Å². The van der Waals surface area contributed by atoms with Crippen molar-refractivity contribution in [2.45, 2.75) is 70.4 Å². The molecule has 16 heavy (non-hydrogen) atoms. The summed E-state index contributed by atoms with van der Waals surface area (Å²) < 4.78 is 5.85. The lowest BCUT2D eigenvalue weighted by Gasteiger charge is -2.17. The second-order valence-corrected chi connectivity index (χ2v) is 5.60. The summed E-state index contributed by atoms with van der Waals surface area (Å²) in [4.78, 5) is 0. The van der Waals surface area contributed by atoms with Crippen LogP contribution in [0, 0.1) is 5.92 Å². The van der Waals surface area contributed by atoms with Gasteiger partial charge in [-0.2, -0.15) is 0 Å². The third kappa shape index (κ3) is 3.74. The van der Waals surface area contributed by atoms with Crippen LogP contribution in [0.1, 0.15) is 58.3 Å². The molecule has 0 amide bonds. The Balaban J connectivity index is 1.45. The first-order valence-corrected chi connectivity index (χ1v) is 7.21. The van der Waals surface area contributed by atoms with E-state index in [-0.39, 0.29) is 0 Å². The molecule has 0 spiro atoms. The first kappa shape index (κ1) is 12.4. The van der Waals surface area contributed by atoms with Crippen LogP contribution in [0.25, 0.3) is 0 Å². The minimum Gasteiger partial charge on any atom is -0.378 e. The number of rotatable bonds is 6. The van der Waals surface area contributed by atoms with E-state index in [0.717, 1.165) is 25.1 Å². The fourth-order valence-electron chi connectivity index (χ4n) is 3.11. The summed E-state index contributed by atoms with van der Waals surface area (Å²) in [7, 11) is 0. The van der Waals surface area contributed by atoms with E-state index in [0.29, 0.717) is 6.10 Å². The van der Waals surface area contributed by atoms with E-state index in [1.807, 2.05) is 0 Å². The maximum atomic E-state index is 5.85. The van der Waals surface area contributed by atoms with Crippen LogP contribution in [-0.2, 0) is 4.74 Å². The van der Waals surface area contributed by atoms with E-state index in [1.165, 1.54) is 51.4 Å². The molecule has 0 aromatic carbocycles. The average Bonchev–Trinajstić information content (AvgIpc) is 2.90. The Morgan fingerprint density at radius 3 is 2.56 bits per heavy atom. The standard InChI is InChI=1S/C14H27NO/c1-12-6-4-9-14(12)15-10-5-11-16-13-7-2-3-8-13/h12-15H,2-11H2,1H3. The molecular formula is C14H27NO. The molecule has 0 bridgehead atoms. The van der Waals surface area contributed by atoms with Crippen LogP contribution in [0.15, 0.2) is 0 Å². The normalized spacial score (nSPS) is 31.3. The molecule has 2 nitrogen and oxygen atoms in total. The van der Waals surface area contributed by atoms with Crippen molar-refractivity contribution in [2.24, 2.45) is 5.92 Å². The Bertz CT molecular complexity index is 189. The highest BCUT2D eigenvalue weighted by atomic mass is 16.5. The van der Waals surface area contributed by atoms with Gasteiger partial charge in [0.05, 0.1) is 6.10 Å². The van der Waals surface area contributed by atoms with Crippen molar-refractivity contribution in [1.29, 1.82) is 0 Å². The summed E-state index contributed by atoms with van der Waals surface area (Å²) in [5, 5.41) is 3.68. The smallest absolute Gasteiger partial charge is 0.0575 e. The number of hydrogen-bond donors (Lipinski definition) is 1. The number of nitrogens with one attached hydrogen (secondary N) is 1. The first-order chi connectivity index (χ1) is 7.86. The SMILES string of the molecule is CC1CCCC1NCCCOC1CCCC1. The molecule has 2 unspecified atom stereocenters. The summed E-state index contributed by atoms with van der Waals surface area (Å²) in [6.45, 7) is 4.47. The largest absolute Gasteiger partial charge is 0.378 e. The molecule has 2 heteroatoms. The molecular weight excluding hydrogens is 198 g/mol. The molecule has 2 fully saturated rings. The summed E-state index contributed by atoms with van der Waals surface area (Å²) in [6.07, 6.45) is 11.3. The Kier molecular flexibility index (Phi) is 5.11. The van der Waals surface area contributed by atoms with Gasteiger partial charge in [0, 0.05) is 12.6 Å². The van der Waals surface area contributed by atoms with Gasteiger partial charge < -0.3 is 10.1 Å². The summed E-state index contributed by atoms with van der Waals surface area (Å²) in [5.41, 5.74) is 0. The third-order valence-electron chi connectivity index (χ3n) is 4.24. The highest BCUT2D eigenvalue weighted by Crippen LogP contribution is 2.24. The van der Waals surface area contributed by atoms with E-state index >= 15 is 0 Å². The van der Waals surface area contributed by atoms with Crippen LogP contribution in [0.3, 0.4) is 0 Å². The van der Waals surface area contributed by atoms with Gasteiger partial charge in [0.15, 0.2) is 0 Å². The second-order valence-electron chi connectivity index (χ2n) is 5.60. The monoisotopic (exact) mass is 225 g/mol. The topological polar surface area (TPSA) is 21.3 Å². The molecule has 94 valence electrons. The molecule has 2 atom stereocenters. The quantitative estimate of drug-likeness (QED) is 0.701. The molecule has 0 aromatic rings. The van der Waals surface area contributed by atoms with Gasteiger partial charge in [0.25, 0.3) is 0 Å². The van der Waals surface area contributed by atoms with E-state index in [4.69, 9.17) is 4.74 Å². The molecule has 0 saturated heterocycles. The molecule has 2 aliphatic carbocycles. The predicted molar refractivity (Wildman–Crippen MR) is 67.6 cm³/mol. The van der Waals surface area contributed by atoms with E-state index in [1.54, 1.807) is 0 Å². The highest BCUT2D eigenvalue weighted by Gasteiger charge is 2.22. The van der Waals surface area contributed by atoms with Crippen LogP contribution in [0.4, 0.5) is 0 Å². The van der Waals surface area contributed by atoms with E-state index < -0.39 is 0 Å². The highest BCUT2D eigenvalue weighted by molar-refractivity contribution is 4.79. The lowest BCUT2D eigenvalue weighted by Crippen LogP contribution is -2.32. The van der Waals surface area contributed by atoms with Gasteiger partial charge in [-0.05, 0) is 44.6 Å². The lowest BCUT2D eigenvalue weighted by atomic mass is 10.1. The number of hydrogen-bond acceptors (Lipinski definition) is 2. The maximum Gasteiger partial charge on any atom is 0.0575 e. The summed E-state index contributed by atoms with van der Waals surface area (Å²) in [5.74, 6) is 0.885. The number of ether oxygens (including phenoxy) is 1. The molecule has 0 heterocycles. The summed E-state index contributed by atoms with van der Waals surface area (Å²) in [6, 6.07) is 0.784.